The Kier molecular flexibility index (Phi) is 5.80. The molecular weight excluding hydrogens is 603 g/mol. The van der Waals surface area contributed by atoms with Crippen molar-refractivity contribution >= 4 is 55.6 Å². The molecule has 9 rings (SSSR count). The zero-order chi connectivity index (χ0) is 29.0. The van der Waals surface area contributed by atoms with Crippen LogP contribution in [0.3, 0.4) is 0 Å². The predicted molar refractivity (Wildman–Crippen MR) is 182 cm³/mol. The van der Waals surface area contributed by atoms with Gasteiger partial charge in [0.15, 0.2) is 0 Å². The van der Waals surface area contributed by atoms with Gasteiger partial charge in [0.05, 0.1) is 0 Å². The first-order valence-corrected chi connectivity index (χ1v) is 16.3. The molecule has 0 N–H and O–H groups in total. The second kappa shape index (κ2) is 10.1. The van der Waals surface area contributed by atoms with Crippen LogP contribution in [0.1, 0.15) is 0 Å². The molecule has 0 aliphatic carbocycles. The van der Waals surface area contributed by atoms with E-state index in [-0.39, 0.29) is 14.5 Å². The van der Waals surface area contributed by atoms with Crippen molar-refractivity contribution in [3.63, 3.8) is 0 Å². The van der Waals surface area contributed by atoms with E-state index in [0.29, 0.717) is 17.6 Å². The van der Waals surface area contributed by atoms with Gasteiger partial charge >= 0.3 is 261 Å². The van der Waals surface area contributed by atoms with Crippen molar-refractivity contribution in [3.05, 3.63) is 146 Å². The molecule has 44 heavy (non-hydrogen) atoms. The standard InChI is InChI=1S/C39H24N4Se/c1-3-13-25(14-4-1)27-19-11-20-30-31-21-12-22-32(36(31)44-35(27)30)38-40-37(26-15-5-2-6-16-26)41-39(42-38)43-33-23-9-7-17-28(33)29-18-8-10-24-34(29)43/h1-24H. The van der Waals surface area contributed by atoms with Gasteiger partial charge in [0.2, 0.25) is 0 Å². The van der Waals surface area contributed by atoms with Gasteiger partial charge in [-0.05, 0) is 0 Å². The van der Waals surface area contributed by atoms with Crippen LogP contribution >= 0.6 is 0 Å². The van der Waals surface area contributed by atoms with Gasteiger partial charge in [0.1, 0.15) is 0 Å². The van der Waals surface area contributed by atoms with Gasteiger partial charge in [-0.1, -0.05) is 0 Å². The third kappa shape index (κ3) is 3.95. The average molecular weight is 628 g/mol. The molecule has 0 aliphatic rings. The van der Waals surface area contributed by atoms with E-state index in [1.165, 1.54) is 41.2 Å². The number of nitrogens with zero attached hydrogens (tertiary/aromatic N) is 4. The predicted octanol–water partition coefficient (Wildman–Crippen LogP) is 9.33. The second-order valence-electron chi connectivity index (χ2n) is 10.9. The molecule has 4 nitrogen and oxygen atoms in total. The van der Waals surface area contributed by atoms with E-state index < -0.39 is 0 Å². The fraction of sp³-hybridized carbons (Fsp3) is 0. The zero-order valence-electron chi connectivity index (χ0n) is 23.6. The number of aromatic nitrogens is 4. The van der Waals surface area contributed by atoms with Crippen molar-refractivity contribution in [2.24, 2.45) is 0 Å². The average Bonchev–Trinajstić information content (AvgIpc) is 3.65. The summed E-state index contributed by atoms with van der Waals surface area (Å²) in [5.74, 6) is 1.98. The molecule has 0 saturated heterocycles. The van der Waals surface area contributed by atoms with Crippen LogP contribution in [0.4, 0.5) is 0 Å². The first kappa shape index (κ1) is 25.2. The summed E-state index contributed by atoms with van der Waals surface area (Å²) in [5.41, 5.74) is 6.74. The molecule has 0 spiro atoms. The van der Waals surface area contributed by atoms with Crippen LogP contribution in [0.5, 0.6) is 0 Å². The van der Waals surface area contributed by atoms with Crippen molar-refractivity contribution in [3.8, 4) is 39.9 Å². The zero-order valence-corrected chi connectivity index (χ0v) is 25.3. The molecule has 0 aliphatic heterocycles. The molecule has 0 unspecified atom stereocenters. The van der Waals surface area contributed by atoms with Gasteiger partial charge in [0.25, 0.3) is 0 Å². The van der Waals surface area contributed by atoms with Crippen molar-refractivity contribution < 1.29 is 0 Å². The topological polar surface area (TPSA) is 43.6 Å². The normalized spacial score (nSPS) is 11.6. The Morgan fingerprint density at radius 1 is 0.386 bits per heavy atom. The molecule has 0 saturated carbocycles. The molecule has 206 valence electrons. The van der Waals surface area contributed by atoms with Gasteiger partial charge < -0.3 is 0 Å². The van der Waals surface area contributed by atoms with Gasteiger partial charge in [-0.3, -0.25) is 0 Å². The maximum absolute atomic E-state index is 5.24. The monoisotopic (exact) mass is 628 g/mol. The number of hydrogen-bond acceptors (Lipinski definition) is 3. The van der Waals surface area contributed by atoms with Gasteiger partial charge in [-0.15, -0.1) is 0 Å². The van der Waals surface area contributed by atoms with E-state index >= 15 is 0 Å². The summed E-state index contributed by atoms with van der Waals surface area (Å²) >= 11 is 0.0836. The molecule has 0 atom stereocenters. The van der Waals surface area contributed by atoms with Crippen molar-refractivity contribution in [2.75, 3.05) is 0 Å². The molecule has 0 bridgehead atoms. The summed E-state index contributed by atoms with van der Waals surface area (Å²) in [6, 6.07) is 51.1. The van der Waals surface area contributed by atoms with E-state index in [4.69, 9.17) is 15.0 Å². The number of para-hydroxylation sites is 2. The van der Waals surface area contributed by atoms with E-state index in [2.05, 4.69) is 132 Å². The summed E-state index contributed by atoms with van der Waals surface area (Å²) in [6.07, 6.45) is 0. The second-order valence-corrected chi connectivity index (χ2v) is 13.0. The van der Waals surface area contributed by atoms with Crippen LogP contribution in [-0.2, 0) is 0 Å². The Balaban J connectivity index is 1.34. The number of benzene rings is 6. The Hall–Kier alpha value is -5.35. The van der Waals surface area contributed by atoms with Gasteiger partial charge in [0, 0.05) is 0 Å². The van der Waals surface area contributed by atoms with E-state index in [1.54, 1.807) is 0 Å². The van der Waals surface area contributed by atoms with Crippen LogP contribution in [0.2, 0.25) is 0 Å². The molecule has 9 aromatic rings. The first-order valence-electron chi connectivity index (χ1n) is 14.6. The number of fused-ring (bicyclic) bond motifs is 6. The van der Waals surface area contributed by atoms with Gasteiger partial charge in [-0.25, -0.2) is 0 Å². The van der Waals surface area contributed by atoms with Crippen LogP contribution in [0, 0.1) is 0 Å². The molecule has 6 aromatic carbocycles. The van der Waals surface area contributed by atoms with Crippen LogP contribution in [-0.4, -0.2) is 34.0 Å². The minimum atomic E-state index is 0.0836. The Morgan fingerprint density at radius 2 is 0.886 bits per heavy atom. The van der Waals surface area contributed by atoms with E-state index in [0.717, 1.165) is 22.2 Å². The maximum atomic E-state index is 5.24. The summed E-state index contributed by atoms with van der Waals surface area (Å²) < 4.78 is 4.91. The Bertz CT molecular complexity index is 2440. The van der Waals surface area contributed by atoms with Crippen molar-refractivity contribution in [1.29, 1.82) is 0 Å². The molecule has 3 heterocycles. The van der Waals surface area contributed by atoms with Crippen LogP contribution in [0.15, 0.2) is 146 Å². The van der Waals surface area contributed by atoms with E-state index in [1.807, 2.05) is 18.2 Å². The molecule has 5 heteroatoms. The molecule has 3 aromatic heterocycles. The Labute approximate surface area is 259 Å². The molecule has 0 radical (unpaired) electrons. The number of rotatable bonds is 4. The third-order valence-corrected chi connectivity index (χ3v) is 11.0. The van der Waals surface area contributed by atoms with Crippen molar-refractivity contribution in [2.45, 2.75) is 0 Å². The SMILES string of the molecule is c1ccc(-c2nc(-c3cccc4c3[se]c3c(-c5ccccc5)cccc34)nc(-n3c4ccccc4c4ccccc43)n2)cc1. The number of hydrogen-bond donors (Lipinski definition) is 0. The summed E-state index contributed by atoms with van der Waals surface area (Å²) in [7, 11) is 0. The van der Waals surface area contributed by atoms with E-state index in [9.17, 15) is 0 Å². The fourth-order valence-corrected chi connectivity index (χ4v) is 9.10. The Morgan fingerprint density at radius 3 is 1.55 bits per heavy atom. The summed E-state index contributed by atoms with van der Waals surface area (Å²) in [5, 5.41) is 4.94. The molecule has 0 fully saturated rings. The quantitative estimate of drug-likeness (QED) is 0.183. The molecule has 0 amide bonds. The van der Waals surface area contributed by atoms with Crippen LogP contribution < -0.4 is 0 Å². The third-order valence-electron chi connectivity index (χ3n) is 8.29. The summed E-state index contributed by atoms with van der Waals surface area (Å²) in [6.45, 7) is 0. The van der Waals surface area contributed by atoms with Gasteiger partial charge in [-0.2, -0.15) is 0 Å². The molecular formula is C39H24N4Se. The summed E-state index contributed by atoms with van der Waals surface area (Å²) in [4.78, 5) is 15.5. The minimum absolute atomic E-state index is 0.0836. The van der Waals surface area contributed by atoms with Crippen LogP contribution in [0.25, 0.3) is 80.9 Å². The fourth-order valence-electron chi connectivity index (χ4n) is 6.28. The van der Waals surface area contributed by atoms with Crippen molar-refractivity contribution in [1.82, 2.24) is 19.5 Å². The first-order chi connectivity index (χ1) is 21.8.